The maximum Gasteiger partial charge on any atom is 0.243 e. The number of ether oxygens (including phenoxy) is 1. The number of hydrogen-bond acceptors (Lipinski definition) is 4. The SMILES string of the molecule is C=CC(=O)NCc1ccc(O)c(OC)c1.CN(C)C=O. The van der Waals surface area contributed by atoms with Crippen LogP contribution in [0.25, 0.3) is 0 Å². The molecular formula is C14H20N2O4. The van der Waals surface area contributed by atoms with E-state index in [0.29, 0.717) is 12.3 Å². The van der Waals surface area contributed by atoms with Gasteiger partial charge in [-0.1, -0.05) is 12.6 Å². The number of carbonyl (C=O) groups is 2. The molecule has 0 fully saturated rings. The summed E-state index contributed by atoms with van der Waals surface area (Å²) >= 11 is 0. The normalized spacial score (nSPS) is 8.75. The highest BCUT2D eigenvalue weighted by Gasteiger charge is 2.02. The summed E-state index contributed by atoms with van der Waals surface area (Å²) in [5, 5.41) is 12.0. The van der Waals surface area contributed by atoms with Gasteiger partial charge in [-0.2, -0.15) is 0 Å². The van der Waals surface area contributed by atoms with E-state index in [-0.39, 0.29) is 11.7 Å². The van der Waals surface area contributed by atoms with Crippen LogP contribution in [-0.4, -0.2) is 43.5 Å². The summed E-state index contributed by atoms with van der Waals surface area (Å²) in [6, 6.07) is 4.90. The molecule has 0 radical (unpaired) electrons. The van der Waals surface area contributed by atoms with E-state index in [1.165, 1.54) is 24.2 Å². The molecule has 2 N–H and O–H groups in total. The average Bonchev–Trinajstić information content (AvgIpc) is 2.46. The van der Waals surface area contributed by atoms with Crippen molar-refractivity contribution < 1.29 is 19.4 Å². The molecule has 1 aromatic carbocycles. The Morgan fingerprint density at radius 3 is 2.55 bits per heavy atom. The summed E-state index contributed by atoms with van der Waals surface area (Å²) < 4.78 is 4.94. The van der Waals surface area contributed by atoms with Gasteiger partial charge in [0.15, 0.2) is 11.5 Å². The Labute approximate surface area is 118 Å². The minimum atomic E-state index is -0.234. The second-order valence-electron chi connectivity index (χ2n) is 4.00. The molecular weight excluding hydrogens is 260 g/mol. The van der Waals surface area contributed by atoms with Crippen molar-refractivity contribution in [2.75, 3.05) is 21.2 Å². The molecule has 0 heterocycles. The monoisotopic (exact) mass is 280 g/mol. The fraction of sp³-hybridized carbons (Fsp3) is 0.286. The smallest absolute Gasteiger partial charge is 0.243 e. The quantitative estimate of drug-likeness (QED) is 0.620. The van der Waals surface area contributed by atoms with E-state index in [0.717, 1.165) is 12.0 Å². The number of carbonyl (C=O) groups excluding carboxylic acids is 2. The van der Waals surface area contributed by atoms with Gasteiger partial charge in [-0.25, -0.2) is 0 Å². The molecule has 6 heteroatoms. The van der Waals surface area contributed by atoms with Crippen LogP contribution in [0, 0.1) is 0 Å². The maximum atomic E-state index is 10.9. The molecule has 0 aliphatic rings. The van der Waals surface area contributed by atoms with E-state index in [1.807, 2.05) is 0 Å². The standard InChI is InChI=1S/C11H13NO3.C3H7NO/c1-3-11(14)12-7-8-4-5-9(13)10(6-8)15-2;1-4(2)3-5/h3-6,13H,1,7H2,2H3,(H,12,14);3H,1-2H3. The number of phenolic OH excluding ortho intramolecular Hbond substituents is 1. The van der Waals surface area contributed by atoms with Gasteiger partial charge in [0.1, 0.15) is 0 Å². The first kappa shape index (κ1) is 17.5. The number of hydrogen-bond donors (Lipinski definition) is 2. The predicted molar refractivity (Wildman–Crippen MR) is 76.5 cm³/mol. The topological polar surface area (TPSA) is 78.9 Å². The fourth-order valence-corrected chi connectivity index (χ4v) is 1.09. The van der Waals surface area contributed by atoms with E-state index in [2.05, 4.69) is 11.9 Å². The van der Waals surface area contributed by atoms with E-state index in [1.54, 1.807) is 26.2 Å². The molecule has 2 amide bonds. The maximum absolute atomic E-state index is 10.9. The summed E-state index contributed by atoms with van der Waals surface area (Å²) in [6.07, 6.45) is 1.96. The molecule has 0 saturated carbocycles. The zero-order valence-corrected chi connectivity index (χ0v) is 11.9. The van der Waals surface area contributed by atoms with Crippen molar-refractivity contribution in [1.82, 2.24) is 10.2 Å². The van der Waals surface area contributed by atoms with Crippen molar-refractivity contribution >= 4 is 12.3 Å². The number of aromatic hydroxyl groups is 1. The van der Waals surface area contributed by atoms with Crippen molar-refractivity contribution in [3.8, 4) is 11.5 Å². The molecule has 1 aromatic rings. The lowest BCUT2D eigenvalue weighted by Crippen LogP contribution is -2.19. The Morgan fingerprint density at radius 2 is 2.10 bits per heavy atom. The van der Waals surface area contributed by atoms with Crippen molar-refractivity contribution in [3.63, 3.8) is 0 Å². The lowest BCUT2D eigenvalue weighted by Gasteiger charge is -2.06. The van der Waals surface area contributed by atoms with E-state index in [9.17, 15) is 14.7 Å². The lowest BCUT2D eigenvalue weighted by atomic mass is 10.2. The Morgan fingerprint density at radius 1 is 1.50 bits per heavy atom. The summed E-state index contributed by atoms with van der Waals surface area (Å²) in [6.45, 7) is 3.72. The molecule has 20 heavy (non-hydrogen) atoms. The Balaban J connectivity index is 0.000000621. The summed E-state index contributed by atoms with van der Waals surface area (Å²) in [4.78, 5) is 21.8. The molecule has 0 saturated heterocycles. The molecule has 110 valence electrons. The number of benzene rings is 1. The van der Waals surface area contributed by atoms with Crippen LogP contribution in [0.3, 0.4) is 0 Å². The van der Waals surface area contributed by atoms with Crippen molar-refractivity contribution in [2.24, 2.45) is 0 Å². The van der Waals surface area contributed by atoms with E-state index < -0.39 is 0 Å². The van der Waals surface area contributed by atoms with Crippen LogP contribution in [0.1, 0.15) is 5.56 Å². The van der Waals surface area contributed by atoms with Gasteiger partial charge in [-0.3, -0.25) is 9.59 Å². The van der Waals surface area contributed by atoms with Gasteiger partial charge in [0.05, 0.1) is 7.11 Å². The van der Waals surface area contributed by atoms with Crippen LogP contribution in [0.4, 0.5) is 0 Å². The minimum absolute atomic E-state index is 0.0799. The number of methoxy groups -OCH3 is 1. The fourth-order valence-electron chi connectivity index (χ4n) is 1.09. The predicted octanol–water partition coefficient (Wildman–Crippen LogP) is 0.907. The highest BCUT2D eigenvalue weighted by Crippen LogP contribution is 2.25. The van der Waals surface area contributed by atoms with Crippen LogP contribution in [0.2, 0.25) is 0 Å². The Hall–Kier alpha value is -2.50. The van der Waals surface area contributed by atoms with Gasteiger partial charge >= 0.3 is 0 Å². The second kappa shape index (κ2) is 9.43. The van der Waals surface area contributed by atoms with Crippen molar-refractivity contribution in [3.05, 3.63) is 36.4 Å². The Kier molecular flexibility index (Phi) is 8.25. The molecule has 0 aromatic heterocycles. The molecule has 1 rings (SSSR count). The van der Waals surface area contributed by atoms with Crippen LogP contribution >= 0.6 is 0 Å². The first-order valence-electron chi connectivity index (χ1n) is 5.82. The zero-order chi connectivity index (χ0) is 15.5. The summed E-state index contributed by atoms with van der Waals surface area (Å²) in [5.41, 5.74) is 0.847. The number of amides is 2. The minimum Gasteiger partial charge on any atom is -0.504 e. The van der Waals surface area contributed by atoms with Gasteiger partial charge in [0.25, 0.3) is 0 Å². The van der Waals surface area contributed by atoms with Gasteiger partial charge in [0, 0.05) is 20.6 Å². The Bertz CT molecular complexity index is 458. The number of phenols is 1. The molecule has 0 unspecified atom stereocenters. The van der Waals surface area contributed by atoms with Crippen molar-refractivity contribution in [1.29, 1.82) is 0 Å². The number of nitrogens with zero attached hydrogens (tertiary/aromatic N) is 1. The molecule has 0 atom stereocenters. The molecule has 0 aliphatic heterocycles. The second-order valence-corrected chi connectivity index (χ2v) is 4.00. The molecule has 0 aliphatic carbocycles. The third-order valence-electron chi connectivity index (χ3n) is 2.11. The highest BCUT2D eigenvalue weighted by atomic mass is 16.5. The molecule has 0 bridgehead atoms. The molecule has 0 spiro atoms. The van der Waals surface area contributed by atoms with Gasteiger partial charge in [-0.05, 0) is 23.8 Å². The van der Waals surface area contributed by atoms with Gasteiger partial charge in [-0.15, -0.1) is 0 Å². The third-order valence-corrected chi connectivity index (χ3v) is 2.11. The van der Waals surface area contributed by atoms with Gasteiger partial charge in [0.2, 0.25) is 12.3 Å². The van der Waals surface area contributed by atoms with Crippen LogP contribution in [0.5, 0.6) is 11.5 Å². The van der Waals surface area contributed by atoms with Crippen molar-refractivity contribution in [2.45, 2.75) is 6.54 Å². The van der Waals surface area contributed by atoms with Crippen LogP contribution < -0.4 is 10.1 Å². The van der Waals surface area contributed by atoms with E-state index >= 15 is 0 Å². The van der Waals surface area contributed by atoms with Gasteiger partial charge < -0.3 is 20.1 Å². The van der Waals surface area contributed by atoms with E-state index in [4.69, 9.17) is 4.74 Å². The van der Waals surface area contributed by atoms with Crippen LogP contribution in [0.15, 0.2) is 30.9 Å². The summed E-state index contributed by atoms with van der Waals surface area (Å²) in [7, 11) is 4.85. The first-order chi connectivity index (χ1) is 9.44. The zero-order valence-electron chi connectivity index (χ0n) is 11.9. The highest BCUT2D eigenvalue weighted by molar-refractivity contribution is 5.86. The number of rotatable bonds is 5. The summed E-state index contributed by atoms with van der Waals surface area (Å²) in [5.74, 6) is 0.235. The number of nitrogens with one attached hydrogen (secondary N) is 1. The lowest BCUT2D eigenvalue weighted by molar-refractivity contribution is -0.117. The van der Waals surface area contributed by atoms with Crippen LogP contribution in [-0.2, 0) is 16.1 Å². The first-order valence-corrected chi connectivity index (χ1v) is 5.82. The third kappa shape index (κ3) is 7.05. The largest absolute Gasteiger partial charge is 0.504 e. The average molecular weight is 280 g/mol. The molecule has 6 nitrogen and oxygen atoms in total.